The maximum absolute atomic E-state index is 13.0. The second-order valence-corrected chi connectivity index (χ2v) is 7.72. The second kappa shape index (κ2) is 6.16. The first-order chi connectivity index (χ1) is 12.1. The van der Waals surface area contributed by atoms with Crippen LogP contribution in [0.2, 0.25) is 0 Å². The Morgan fingerprint density at radius 1 is 1.19 bits per heavy atom. The Hall–Kier alpha value is -2.82. The Balaban J connectivity index is 2.22. The first-order valence-electron chi connectivity index (χ1n) is 8.55. The lowest BCUT2D eigenvalue weighted by molar-refractivity contribution is -0.123. The molecule has 136 valence electrons. The zero-order valence-corrected chi connectivity index (χ0v) is 15.7. The molecule has 2 heterocycles. The van der Waals surface area contributed by atoms with Crippen molar-refractivity contribution in [3.05, 3.63) is 64.8 Å². The normalized spacial score (nSPS) is 18.0. The molecule has 5 heteroatoms. The minimum absolute atomic E-state index is 0.0818. The lowest BCUT2D eigenvalue weighted by Gasteiger charge is -2.28. The van der Waals surface area contributed by atoms with Crippen molar-refractivity contribution >= 4 is 17.4 Å². The van der Waals surface area contributed by atoms with E-state index in [0.717, 1.165) is 11.1 Å². The smallest absolute Gasteiger partial charge is 0.294 e. The summed E-state index contributed by atoms with van der Waals surface area (Å²) in [6, 6.07) is 8.37. The molecule has 1 aromatic carbocycles. The zero-order valence-electron chi connectivity index (χ0n) is 15.7. The number of ketones is 1. The van der Waals surface area contributed by atoms with Crippen LogP contribution in [0.1, 0.15) is 43.7 Å². The van der Waals surface area contributed by atoms with Crippen LogP contribution in [0.15, 0.2) is 52.3 Å². The minimum Gasteiger partial charge on any atom is -0.503 e. The van der Waals surface area contributed by atoms with E-state index in [1.165, 1.54) is 11.2 Å². The summed E-state index contributed by atoms with van der Waals surface area (Å²) >= 11 is 0. The first-order valence-corrected chi connectivity index (χ1v) is 8.55. The van der Waals surface area contributed by atoms with E-state index < -0.39 is 23.1 Å². The molecule has 3 rings (SSSR count). The maximum atomic E-state index is 13.0. The van der Waals surface area contributed by atoms with Gasteiger partial charge < -0.3 is 9.52 Å². The number of rotatable bonds is 3. The van der Waals surface area contributed by atoms with Crippen molar-refractivity contribution in [2.24, 2.45) is 5.41 Å². The topological polar surface area (TPSA) is 70.8 Å². The molecule has 0 radical (unpaired) electrons. The number of benzene rings is 1. The molecule has 1 atom stereocenters. The molecule has 0 fully saturated rings. The Kier molecular flexibility index (Phi) is 4.26. The zero-order chi connectivity index (χ0) is 19.2. The monoisotopic (exact) mass is 353 g/mol. The largest absolute Gasteiger partial charge is 0.503 e. The van der Waals surface area contributed by atoms with Crippen molar-refractivity contribution in [1.29, 1.82) is 0 Å². The Bertz CT molecular complexity index is 901. The quantitative estimate of drug-likeness (QED) is 0.887. The second-order valence-electron chi connectivity index (χ2n) is 7.72. The van der Waals surface area contributed by atoms with Gasteiger partial charge in [0.15, 0.2) is 11.5 Å². The summed E-state index contributed by atoms with van der Waals surface area (Å²) in [5.41, 5.74) is 1.84. The van der Waals surface area contributed by atoms with E-state index in [9.17, 15) is 14.7 Å². The van der Waals surface area contributed by atoms with Crippen molar-refractivity contribution in [1.82, 2.24) is 0 Å². The Morgan fingerprint density at radius 3 is 2.46 bits per heavy atom. The van der Waals surface area contributed by atoms with Crippen LogP contribution in [-0.4, -0.2) is 16.8 Å². The molecule has 5 nitrogen and oxygen atoms in total. The van der Waals surface area contributed by atoms with Gasteiger partial charge in [0, 0.05) is 11.1 Å². The van der Waals surface area contributed by atoms with Crippen molar-refractivity contribution in [2.75, 3.05) is 4.90 Å². The van der Waals surface area contributed by atoms with E-state index in [4.69, 9.17) is 4.42 Å². The standard InChI is InChI=1S/C21H23NO4/c1-12-8-9-13(2)14(11-12)22-17(15-7-6-10-26-15)16(18(23)20(22)25)19(24)21(3,4)5/h6-11,17,23H,1-5H3. The molecule has 1 N–H and O–H groups in total. The summed E-state index contributed by atoms with van der Waals surface area (Å²) in [4.78, 5) is 27.4. The fourth-order valence-corrected chi connectivity index (χ4v) is 3.18. The van der Waals surface area contributed by atoms with Gasteiger partial charge in [0.1, 0.15) is 11.8 Å². The molecule has 1 aliphatic heterocycles. The SMILES string of the molecule is Cc1ccc(C)c(N2C(=O)C(O)=C(C(=O)C(C)(C)C)C2c2ccco2)c1. The molecule has 0 saturated heterocycles. The number of anilines is 1. The molecular formula is C21H23NO4. The molecule has 0 bridgehead atoms. The van der Waals surface area contributed by atoms with Gasteiger partial charge in [-0.2, -0.15) is 0 Å². The van der Waals surface area contributed by atoms with Crippen molar-refractivity contribution in [3.63, 3.8) is 0 Å². The molecule has 0 spiro atoms. The fraction of sp³-hybridized carbons (Fsp3) is 0.333. The molecule has 1 amide bonds. The van der Waals surface area contributed by atoms with Crippen LogP contribution in [0.3, 0.4) is 0 Å². The maximum Gasteiger partial charge on any atom is 0.294 e. The molecule has 1 aromatic heterocycles. The van der Waals surface area contributed by atoms with Crippen molar-refractivity contribution in [2.45, 2.75) is 40.7 Å². The summed E-state index contributed by atoms with van der Waals surface area (Å²) in [7, 11) is 0. The summed E-state index contributed by atoms with van der Waals surface area (Å²) < 4.78 is 5.54. The Morgan fingerprint density at radius 2 is 1.88 bits per heavy atom. The summed E-state index contributed by atoms with van der Waals surface area (Å²) in [5, 5.41) is 10.6. The van der Waals surface area contributed by atoms with Crippen LogP contribution < -0.4 is 4.90 Å². The number of nitrogens with zero attached hydrogens (tertiary/aromatic N) is 1. The number of amides is 1. The summed E-state index contributed by atoms with van der Waals surface area (Å²) in [6.45, 7) is 9.11. The van der Waals surface area contributed by atoms with Crippen LogP contribution in [0, 0.1) is 19.3 Å². The number of hydrogen-bond donors (Lipinski definition) is 1. The third-order valence-electron chi connectivity index (χ3n) is 4.57. The first kappa shape index (κ1) is 18.0. The Labute approximate surface area is 152 Å². The van der Waals surface area contributed by atoms with Gasteiger partial charge in [-0.25, -0.2) is 0 Å². The van der Waals surface area contributed by atoms with Gasteiger partial charge in [0.05, 0.1) is 11.8 Å². The highest BCUT2D eigenvalue weighted by Crippen LogP contribution is 2.44. The van der Waals surface area contributed by atoms with Crippen LogP contribution >= 0.6 is 0 Å². The van der Waals surface area contributed by atoms with Gasteiger partial charge in [0.2, 0.25) is 0 Å². The number of hydrogen-bond acceptors (Lipinski definition) is 4. The highest BCUT2D eigenvalue weighted by atomic mass is 16.3. The highest BCUT2D eigenvalue weighted by Gasteiger charge is 2.48. The number of Topliss-reactive ketones (excluding diaryl/α,β-unsaturated/α-hetero) is 1. The number of aliphatic hydroxyl groups excluding tert-OH is 1. The predicted molar refractivity (Wildman–Crippen MR) is 99.0 cm³/mol. The van der Waals surface area contributed by atoms with Gasteiger partial charge in [-0.05, 0) is 43.2 Å². The minimum atomic E-state index is -0.787. The molecule has 26 heavy (non-hydrogen) atoms. The molecular weight excluding hydrogens is 330 g/mol. The van der Waals surface area contributed by atoms with Crippen LogP contribution in [0.5, 0.6) is 0 Å². The van der Waals surface area contributed by atoms with Crippen LogP contribution in [0.25, 0.3) is 0 Å². The molecule has 0 saturated carbocycles. The lowest BCUT2D eigenvalue weighted by atomic mass is 9.83. The number of aliphatic hydroxyl groups is 1. The van der Waals surface area contributed by atoms with E-state index >= 15 is 0 Å². The number of carbonyl (C=O) groups excluding carboxylic acids is 2. The summed E-state index contributed by atoms with van der Waals surface area (Å²) in [5.74, 6) is -0.937. The number of carbonyl (C=O) groups is 2. The van der Waals surface area contributed by atoms with Gasteiger partial charge in [0.25, 0.3) is 5.91 Å². The van der Waals surface area contributed by atoms with Crippen LogP contribution in [0.4, 0.5) is 5.69 Å². The van der Waals surface area contributed by atoms with E-state index in [2.05, 4.69) is 0 Å². The van der Waals surface area contributed by atoms with E-state index in [-0.39, 0.29) is 11.4 Å². The van der Waals surface area contributed by atoms with E-state index in [1.54, 1.807) is 32.9 Å². The van der Waals surface area contributed by atoms with Gasteiger partial charge >= 0.3 is 0 Å². The average Bonchev–Trinajstić information content (AvgIpc) is 3.16. The fourth-order valence-electron chi connectivity index (χ4n) is 3.18. The third-order valence-corrected chi connectivity index (χ3v) is 4.57. The molecule has 0 aliphatic carbocycles. The third kappa shape index (κ3) is 2.83. The van der Waals surface area contributed by atoms with Crippen molar-refractivity contribution < 1.29 is 19.1 Å². The molecule has 1 unspecified atom stereocenters. The lowest BCUT2D eigenvalue weighted by Crippen LogP contribution is -2.33. The van der Waals surface area contributed by atoms with Crippen LogP contribution in [-0.2, 0) is 9.59 Å². The highest BCUT2D eigenvalue weighted by molar-refractivity contribution is 6.17. The van der Waals surface area contributed by atoms with E-state index in [1.807, 2.05) is 32.0 Å². The molecule has 1 aliphatic rings. The van der Waals surface area contributed by atoms with Gasteiger partial charge in [-0.3, -0.25) is 14.5 Å². The summed E-state index contributed by atoms with van der Waals surface area (Å²) in [6.07, 6.45) is 1.50. The van der Waals surface area contributed by atoms with Crippen molar-refractivity contribution in [3.8, 4) is 0 Å². The average molecular weight is 353 g/mol. The van der Waals surface area contributed by atoms with Gasteiger partial charge in [-0.15, -0.1) is 0 Å². The number of aryl methyl sites for hydroxylation is 2. The predicted octanol–water partition coefficient (Wildman–Crippen LogP) is 4.41. The molecule has 2 aromatic rings. The van der Waals surface area contributed by atoms with E-state index in [0.29, 0.717) is 11.4 Å². The van der Waals surface area contributed by atoms with Gasteiger partial charge in [-0.1, -0.05) is 32.9 Å². The number of furan rings is 1.